The third-order valence-corrected chi connectivity index (χ3v) is 5.17. The maximum atomic E-state index is 12.2. The van der Waals surface area contributed by atoms with Gasteiger partial charge in [0.15, 0.2) is 0 Å². The van der Waals surface area contributed by atoms with E-state index in [4.69, 9.17) is 0 Å². The number of nitrogens with zero attached hydrogens (tertiary/aromatic N) is 3. The first-order valence-electron chi connectivity index (χ1n) is 9.57. The van der Waals surface area contributed by atoms with Crippen molar-refractivity contribution in [2.75, 3.05) is 37.6 Å². The minimum atomic E-state index is -0.441. The van der Waals surface area contributed by atoms with Crippen molar-refractivity contribution >= 4 is 17.3 Å². The number of carbonyl (C=O) groups excluding carboxylic acids is 1. The summed E-state index contributed by atoms with van der Waals surface area (Å²) in [6.07, 6.45) is 0.229. The van der Waals surface area contributed by atoms with Crippen LogP contribution in [0.15, 0.2) is 54.6 Å². The molecule has 1 N–H and O–H groups in total. The van der Waals surface area contributed by atoms with Crippen molar-refractivity contribution in [1.82, 2.24) is 10.2 Å². The topological polar surface area (TPSA) is 78.7 Å². The molecule has 0 saturated carbocycles. The lowest BCUT2D eigenvalue weighted by molar-refractivity contribution is -0.384. The number of rotatable bonds is 7. The lowest BCUT2D eigenvalue weighted by Gasteiger charge is -2.39. The minimum absolute atomic E-state index is 0.0347. The quantitative estimate of drug-likeness (QED) is 0.588. The predicted molar refractivity (Wildman–Crippen MR) is 110 cm³/mol. The van der Waals surface area contributed by atoms with Crippen molar-refractivity contribution in [2.45, 2.75) is 19.4 Å². The van der Waals surface area contributed by atoms with Gasteiger partial charge in [0.1, 0.15) is 0 Å². The monoisotopic (exact) mass is 382 g/mol. The number of para-hydroxylation sites is 1. The predicted octanol–water partition coefficient (Wildman–Crippen LogP) is 2.46. The Kier molecular flexibility index (Phi) is 6.60. The highest BCUT2D eigenvalue weighted by Crippen LogP contribution is 2.16. The molecule has 1 aliphatic rings. The van der Waals surface area contributed by atoms with E-state index in [1.807, 2.05) is 6.07 Å². The molecule has 28 heavy (non-hydrogen) atoms. The average molecular weight is 382 g/mol. The van der Waals surface area contributed by atoms with Crippen LogP contribution in [0.3, 0.4) is 0 Å². The molecule has 1 amide bonds. The molecule has 7 nitrogen and oxygen atoms in total. The first-order chi connectivity index (χ1) is 13.5. The number of non-ortho nitro benzene ring substituents is 1. The van der Waals surface area contributed by atoms with Crippen LogP contribution in [-0.4, -0.2) is 54.5 Å². The Morgan fingerprint density at radius 3 is 2.32 bits per heavy atom. The van der Waals surface area contributed by atoms with Gasteiger partial charge in [0.2, 0.25) is 5.91 Å². The zero-order valence-electron chi connectivity index (χ0n) is 16.1. The number of anilines is 1. The number of hydrogen-bond acceptors (Lipinski definition) is 5. The molecule has 1 saturated heterocycles. The number of hydrogen-bond donors (Lipinski definition) is 1. The lowest BCUT2D eigenvalue weighted by atomic mass is 10.1. The summed E-state index contributed by atoms with van der Waals surface area (Å²) in [5, 5.41) is 13.7. The van der Waals surface area contributed by atoms with Crippen molar-refractivity contribution in [3.05, 3.63) is 70.3 Å². The lowest BCUT2D eigenvalue weighted by Crippen LogP contribution is -2.52. The van der Waals surface area contributed by atoms with Gasteiger partial charge in [0, 0.05) is 56.6 Å². The van der Waals surface area contributed by atoms with Crippen LogP contribution < -0.4 is 10.2 Å². The van der Waals surface area contributed by atoms with Crippen molar-refractivity contribution in [2.24, 2.45) is 0 Å². The summed E-state index contributed by atoms with van der Waals surface area (Å²) in [4.78, 5) is 27.2. The van der Waals surface area contributed by atoms with Crippen LogP contribution in [0.2, 0.25) is 0 Å². The fraction of sp³-hybridized carbons (Fsp3) is 0.381. The van der Waals surface area contributed by atoms with Gasteiger partial charge in [0.25, 0.3) is 5.69 Å². The Balaban J connectivity index is 1.41. The molecule has 1 atom stereocenters. The van der Waals surface area contributed by atoms with Crippen LogP contribution in [0.5, 0.6) is 0 Å². The van der Waals surface area contributed by atoms with E-state index < -0.39 is 4.92 Å². The van der Waals surface area contributed by atoms with E-state index in [1.165, 1.54) is 17.8 Å². The number of carbonyl (C=O) groups is 1. The van der Waals surface area contributed by atoms with E-state index in [9.17, 15) is 14.9 Å². The first kappa shape index (κ1) is 19.8. The standard InChI is InChI=1S/C21H26N4O3/c1-17(23-11-13-24(14-12-23)19-5-3-2-4-6-19)16-22-21(26)15-18-7-9-20(10-8-18)25(27)28/h2-10,17H,11-16H2,1H3,(H,22,26). The highest BCUT2D eigenvalue weighted by Gasteiger charge is 2.21. The van der Waals surface area contributed by atoms with Gasteiger partial charge in [-0.05, 0) is 24.6 Å². The fourth-order valence-corrected chi connectivity index (χ4v) is 3.43. The molecule has 3 rings (SSSR count). The van der Waals surface area contributed by atoms with Gasteiger partial charge < -0.3 is 10.2 Å². The van der Waals surface area contributed by atoms with E-state index in [2.05, 4.69) is 46.3 Å². The molecule has 1 aliphatic heterocycles. The summed E-state index contributed by atoms with van der Waals surface area (Å²) in [5.41, 5.74) is 2.06. The van der Waals surface area contributed by atoms with Crippen molar-refractivity contribution < 1.29 is 9.72 Å². The molecule has 148 valence electrons. The number of amides is 1. The van der Waals surface area contributed by atoms with Gasteiger partial charge in [-0.1, -0.05) is 30.3 Å². The smallest absolute Gasteiger partial charge is 0.269 e. The summed E-state index contributed by atoms with van der Waals surface area (Å²) in [6, 6.07) is 16.8. The second kappa shape index (κ2) is 9.32. The van der Waals surface area contributed by atoms with E-state index >= 15 is 0 Å². The average Bonchev–Trinajstić information content (AvgIpc) is 2.73. The summed E-state index contributed by atoms with van der Waals surface area (Å²) in [5.74, 6) is -0.0661. The highest BCUT2D eigenvalue weighted by molar-refractivity contribution is 5.78. The molecule has 7 heteroatoms. The van der Waals surface area contributed by atoms with Gasteiger partial charge in [-0.25, -0.2) is 0 Å². The molecule has 1 fully saturated rings. The molecule has 0 aromatic heterocycles. The third kappa shape index (κ3) is 5.29. The van der Waals surface area contributed by atoms with E-state index in [-0.39, 0.29) is 24.1 Å². The van der Waals surface area contributed by atoms with Gasteiger partial charge in [0.05, 0.1) is 11.3 Å². The van der Waals surface area contributed by atoms with Crippen LogP contribution in [0.25, 0.3) is 0 Å². The third-order valence-electron chi connectivity index (χ3n) is 5.17. The van der Waals surface area contributed by atoms with E-state index in [0.29, 0.717) is 6.54 Å². The maximum Gasteiger partial charge on any atom is 0.269 e. The van der Waals surface area contributed by atoms with Gasteiger partial charge in [-0.3, -0.25) is 19.8 Å². The van der Waals surface area contributed by atoms with Crippen LogP contribution in [0.1, 0.15) is 12.5 Å². The molecule has 0 aliphatic carbocycles. The first-order valence-corrected chi connectivity index (χ1v) is 9.57. The van der Waals surface area contributed by atoms with Crippen molar-refractivity contribution in [1.29, 1.82) is 0 Å². The van der Waals surface area contributed by atoms with Crippen molar-refractivity contribution in [3.8, 4) is 0 Å². The molecule has 0 bridgehead atoms. The summed E-state index contributed by atoms with van der Waals surface area (Å²) < 4.78 is 0. The summed E-state index contributed by atoms with van der Waals surface area (Å²) in [6.45, 7) is 6.61. The number of nitro benzene ring substituents is 1. The highest BCUT2D eigenvalue weighted by atomic mass is 16.6. The zero-order valence-corrected chi connectivity index (χ0v) is 16.1. The maximum absolute atomic E-state index is 12.2. The van der Waals surface area contributed by atoms with Crippen LogP contribution >= 0.6 is 0 Å². The Morgan fingerprint density at radius 2 is 1.71 bits per heavy atom. The van der Waals surface area contributed by atoms with Crippen LogP contribution in [-0.2, 0) is 11.2 Å². The Labute approximate surface area is 165 Å². The van der Waals surface area contributed by atoms with E-state index in [0.717, 1.165) is 31.7 Å². The Hall–Kier alpha value is -2.93. The number of piperazine rings is 1. The van der Waals surface area contributed by atoms with Gasteiger partial charge in [-0.15, -0.1) is 0 Å². The molecule has 0 radical (unpaired) electrons. The molecular formula is C21H26N4O3. The summed E-state index contributed by atoms with van der Waals surface area (Å²) >= 11 is 0. The number of benzene rings is 2. The van der Waals surface area contributed by atoms with Crippen molar-refractivity contribution in [3.63, 3.8) is 0 Å². The Bertz CT molecular complexity index is 787. The zero-order chi connectivity index (χ0) is 19.9. The molecule has 2 aromatic carbocycles. The Morgan fingerprint density at radius 1 is 1.07 bits per heavy atom. The summed E-state index contributed by atoms with van der Waals surface area (Å²) in [7, 11) is 0. The molecule has 2 aromatic rings. The van der Waals surface area contributed by atoms with Gasteiger partial charge >= 0.3 is 0 Å². The normalized spacial score (nSPS) is 15.8. The minimum Gasteiger partial charge on any atom is -0.369 e. The number of nitro groups is 1. The van der Waals surface area contributed by atoms with Crippen LogP contribution in [0, 0.1) is 10.1 Å². The molecule has 1 unspecified atom stereocenters. The second-order valence-electron chi connectivity index (χ2n) is 7.11. The molecular weight excluding hydrogens is 356 g/mol. The van der Waals surface area contributed by atoms with E-state index in [1.54, 1.807) is 12.1 Å². The van der Waals surface area contributed by atoms with Crippen LogP contribution in [0.4, 0.5) is 11.4 Å². The number of nitrogens with one attached hydrogen (secondary N) is 1. The molecule has 1 heterocycles. The molecule has 0 spiro atoms. The second-order valence-corrected chi connectivity index (χ2v) is 7.11. The van der Waals surface area contributed by atoms with Gasteiger partial charge in [-0.2, -0.15) is 0 Å². The fourth-order valence-electron chi connectivity index (χ4n) is 3.43. The largest absolute Gasteiger partial charge is 0.369 e. The SMILES string of the molecule is CC(CNC(=O)Cc1ccc([N+](=O)[O-])cc1)N1CCN(c2ccccc2)CC1.